The molecule has 0 radical (unpaired) electrons. The second-order valence-electron chi connectivity index (χ2n) is 4.64. The average Bonchev–Trinajstić information content (AvgIpc) is 2.87. The highest BCUT2D eigenvalue weighted by atomic mass is 16.1. The molecule has 0 aliphatic rings. The number of nitrogens with one attached hydrogen (secondary N) is 2. The Labute approximate surface area is 108 Å². The van der Waals surface area contributed by atoms with Crippen LogP contribution in [0.25, 0.3) is 10.9 Å². The van der Waals surface area contributed by atoms with Gasteiger partial charge in [-0.2, -0.15) is 0 Å². The maximum atomic E-state index is 12.2. The predicted molar refractivity (Wildman–Crippen MR) is 74.7 cm³/mol. The summed E-state index contributed by atoms with van der Waals surface area (Å²) in [6, 6.07) is 7.76. The molecule has 0 fully saturated rings. The molecular weight excluding hydrogens is 224 g/mol. The number of H-pyrrole nitrogens is 1. The molecule has 1 aromatic carbocycles. The molecule has 3 nitrogen and oxygen atoms in total. The number of hydrogen-bond acceptors (Lipinski definition) is 1. The van der Waals surface area contributed by atoms with Crippen LogP contribution >= 0.6 is 0 Å². The summed E-state index contributed by atoms with van der Waals surface area (Å²) in [7, 11) is 0. The fourth-order valence-corrected chi connectivity index (χ4v) is 2.18. The molecule has 1 aromatic heterocycles. The van der Waals surface area contributed by atoms with Gasteiger partial charge in [-0.1, -0.05) is 38.8 Å². The molecule has 0 saturated heterocycles. The lowest BCUT2D eigenvalue weighted by atomic mass is 10.0. The van der Waals surface area contributed by atoms with Gasteiger partial charge in [0.2, 0.25) is 0 Å². The summed E-state index contributed by atoms with van der Waals surface area (Å²) in [5.41, 5.74) is 1.64. The largest absolute Gasteiger partial charge is 0.361 e. The number of rotatable bonds is 5. The molecule has 96 valence electrons. The Bertz CT molecular complexity index is 526. The standard InChI is InChI=1S/C15H20N2O/c1-3-11(4-2)10-17-15(18)13-7-5-6-12-8-9-16-14(12)13/h5-9,11,16H,3-4,10H2,1-2H3,(H,17,18). The molecule has 0 atom stereocenters. The van der Waals surface area contributed by atoms with Crippen LogP contribution in [0.15, 0.2) is 30.5 Å². The number of fused-ring (bicyclic) bond motifs is 1. The summed E-state index contributed by atoms with van der Waals surface area (Å²) in [5.74, 6) is 0.576. The highest BCUT2D eigenvalue weighted by molar-refractivity contribution is 6.05. The molecule has 0 aliphatic carbocycles. The zero-order valence-electron chi connectivity index (χ0n) is 11.0. The van der Waals surface area contributed by atoms with Crippen molar-refractivity contribution < 1.29 is 4.79 Å². The predicted octanol–water partition coefficient (Wildman–Crippen LogP) is 3.33. The fourth-order valence-electron chi connectivity index (χ4n) is 2.18. The number of aromatic amines is 1. The van der Waals surface area contributed by atoms with Crippen molar-refractivity contribution >= 4 is 16.8 Å². The van der Waals surface area contributed by atoms with Gasteiger partial charge in [0.1, 0.15) is 0 Å². The van der Waals surface area contributed by atoms with E-state index in [1.54, 1.807) is 0 Å². The fraction of sp³-hybridized carbons (Fsp3) is 0.400. The molecule has 0 bridgehead atoms. The Morgan fingerprint density at radius 1 is 1.28 bits per heavy atom. The van der Waals surface area contributed by atoms with Gasteiger partial charge in [0.15, 0.2) is 0 Å². The van der Waals surface area contributed by atoms with E-state index in [4.69, 9.17) is 0 Å². The second kappa shape index (κ2) is 5.71. The topological polar surface area (TPSA) is 44.9 Å². The number of carbonyl (C=O) groups is 1. The van der Waals surface area contributed by atoms with Gasteiger partial charge in [0.25, 0.3) is 5.91 Å². The van der Waals surface area contributed by atoms with Crippen LogP contribution in [-0.4, -0.2) is 17.4 Å². The smallest absolute Gasteiger partial charge is 0.253 e. The number of para-hydroxylation sites is 1. The number of aromatic nitrogens is 1. The molecule has 0 saturated carbocycles. The Balaban J connectivity index is 2.11. The van der Waals surface area contributed by atoms with Crippen LogP contribution < -0.4 is 5.32 Å². The van der Waals surface area contributed by atoms with Gasteiger partial charge in [-0.25, -0.2) is 0 Å². The SMILES string of the molecule is CCC(CC)CNC(=O)c1cccc2cc[nH]c12. The van der Waals surface area contributed by atoms with E-state index >= 15 is 0 Å². The van der Waals surface area contributed by atoms with Crippen LogP contribution in [0.1, 0.15) is 37.0 Å². The Morgan fingerprint density at radius 3 is 2.78 bits per heavy atom. The van der Waals surface area contributed by atoms with E-state index in [0.29, 0.717) is 5.92 Å². The van der Waals surface area contributed by atoms with Crippen molar-refractivity contribution in [1.29, 1.82) is 0 Å². The zero-order valence-corrected chi connectivity index (χ0v) is 11.0. The van der Waals surface area contributed by atoms with Gasteiger partial charge in [0, 0.05) is 18.1 Å². The van der Waals surface area contributed by atoms with Crippen molar-refractivity contribution in [2.24, 2.45) is 5.92 Å². The van der Waals surface area contributed by atoms with Crippen LogP contribution in [0.3, 0.4) is 0 Å². The molecule has 1 heterocycles. The van der Waals surface area contributed by atoms with Crippen LogP contribution in [0.5, 0.6) is 0 Å². The molecule has 2 N–H and O–H groups in total. The first kappa shape index (κ1) is 12.7. The molecule has 0 spiro atoms. The quantitative estimate of drug-likeness (QED) is 0.832. The summed E-state index contributed by atoms with van der Waals surface area (Å²) in [5, 5.41) is 4.10. The monoisotopic (exact) mass is 244 g/mol. The molecule has 1 amide bonds. The summed E-state index contributed by atoms with van der Waals surface area (Å²) >= 11 is 0. The van der Waals surface area contributed by atoms with Crippen LogP contribution in [-0.2, 0) is 0 Å². The van der Waals surface area contributed by atoms with Crippen molar-refractivity contribution in [3.8, 4) is 0 Å². The maximum Gasteiger partial charge on any atom is 0.253 e. The van der Waals surface area contributed by atoms with E-state index in [9.17, 15) is 4.79 Å². The normalized spacial score (nSPS) is 11.1. The number of benzene rings is 1. The average molecular weight is 244 g/mol. The number of carbonyl (C=O) groups excluding carboxylic acids is 1. The van der Waals surface area contributed by atoms with Gasteiger partial charge in [-0.3, -0.25) is 4.79 Å². The molecule has 3 heteroatoms. The first-order valence-electron chi connectivity index (χ1n) is 6.60. The minimum Gasteiger partial charge on any atom is -0.361 e. The van der Waals surface area contributed by atoms with E-state index in [0.717, 1.165) is 35.9 Å². The Kier molecular flexibility index (Phi) is 4.03. The minimum atomic E-state index is 0.00921. The molecule has 2 rings (SSSR count). The van der Waals surface area contributed by atoms with Crippen molar-refractivity contribution in [2.75, 3.05) is 6.54 Å². The lowest BCUT2D eigenvalue weighted by Crippen LogP contribution is -2.29. The summed E-state index contributed by atoms with van der Waals surface area (Å²) in [4.78, 5) is 15.3. The van der Waals surface area contributed by atoms with Crippen LogP contribution in [0, 0.1) is 5.92 Å². The van der Waals surface area contributed by atoms with E-state index in [-0.39, 0.29) is 5.91 Å². The van der Waals surface area contributed by atoms with Crippen molar-refractivity contribution in [3.05, 3.63) is 36.0 Å². The molecule has 0 unspecified atom stereocenters. The third-order valence-corrected chi connectivity index (χ3v) is 3.54. The molecular formula is C15H20N2O. The summed E-state index contributed by atoms with van der Waals surface area (Å²) in [6.45, 7) is 5.07. The third kappa shape index (κ3) is 2.55. The van der Waals surface area contributed by atoms with Gasteiger partial charge in [0.05, 0.1) is 11.1 Å². The van der Waals surface area contributed by atoms with E-state index in [2.05, 4.69) is 24.1 Å². The minimum absolute atomic E-state index is 0.00921. The van der Waals surface area contributed by atoms with Gasteiger partial charge in [-0.05, 0) is 18.1 Å². The summed E-state index contributed by atoms with van der Waals surface area (Å²) < 4.78 is 0. The Morgan fingerprint density at radius 2 is 2.06 bits per heavy atom. The highest BCUT2D eigenvalue weighted by Crippen LogP contribution is 2.17. The van der Waals surface area contributed by atoms with Gasteiger partial charge < -0.3 is 10.3 Å². The Hall–Kier alpha value is -1.77. The highest BCUT2D eigenvalue weighted by Gasteiger charge is 2.11. The maximum absolute atomic E-state index is 12.2. The number of hydrogen-bond donors (Lipinski definition) is 2. The van der Waals surface area contributed by atoms with Crippen LogP contribution in [0.4, 0.5) is 0 Å². The first-order chi connectivity index (χ1) is 8.76. The van der Waals surface area contributed by atoms with Crippen molar-refractivity contribution in [1.82, 2.24) is 10.3 Å². The van der Waals surface area contributed by atoms with E-state index < -0.39 is 0 Å². The van der Waals surface area contributed by atoms with Crippen molar-refractivity contribution in [2.45, 2.75) is 26.7 Å². The van der Waals surface area contributed by atoms with E-state index in [1.807, 2.05) is 30.5 Å². The number of amides is 1. The molecule has 0 aliphatic heterocycles. The third-order valence-electron chi connectivity index (χ3n) is 3.54. The molecule has 18 heavy (non-hydrogen) atoms. The van der Waals surface area contributed by atoms with Crippen LogP contribution in [0.2, 0.25) is 0 Å². The van der Waals surface area contributed by atoms with Crippen molar-refractivity contribution in [3.63, 3.8) is 0 Å². The molecule has 2 aromatic rings. The first-order valence-corrected chi connectivity index (χ1v) is 6.60. The lowest BCUT2D eigenvalue weighted by Gasteiger charge is -2.13. The zero-order chi connectivity index (χ0) is 13.0. The lowest BCUT2D eigenvalue weighted by molar-refractivity contribution is 0.0948. The van der Waals surface area contributed by atoms with Gasteiger partial charge in [-0.15, -0.1) is 0 Å². The van der Waals surface area contributed by atoms with E-state index in [1.165, 1.54) is 0 Å². The second-order valence-corrected chi connectivity index (χ2v) is 4.64. The van der Waals surface area contributed by atoms with Gasteiger partial charge >= 0.3 is 0 Å². The summed E-state index contributed by atoms with van der Waals surface area (Å²) in [6.07, 6.45) is 4.06.